The molecule has 0 atom stereocenters. The van der Waals surface area contributed by atoms with Crippen molar-refractivity contribution in [1.29, 1.82) is 0 Å². The van der Waals surface area contributed by atoms with Crippen molar-refractivity contribution in [2.45, 2.75) is 0 Å². The van der Waals surface area contributed by atoms with E-state index in [0.29, 0.717) is 14.9 Å². The van der Waals surface area contributed by atoms with E-state index in [1.165, 1.54) is 18.3 Å². The molecule has 0 aliphatic carbocycles. The second kappa shape index (κ2) is 6.14. The molecule has 0 radical (unpaired) electrons. The lowest BCUT2D eigenvalue weighted by Crippen LogP contribution is -2.00. The summed E-state index contributed by atoms with van der Waals surface area (Å²) in [5.74, 6) is 0.636. The standard InChI is InChI=1S/C11H8Br2N4O3/c1-14-11-15-5-7(13)10(16-11)20-9-3-2-6(12)4-8(9)17(18)19/h2-5H,1H3,(H,14,15,16). The van der Waals surface area contributed by atoms with E-state index in [1.807, 2.05) is 0 Å². The number of anilines is 1. The van der Waals surface area contributed by atoms with Gasteiger partial charge in [0.15, 0.2) is 0 Å². The molecular weight excluding hydrogens is 396 g/mol. The van der Waals surface area contributed by atoms with Crippen LogP contribution in [0.4, 0.5) is 11.6 Å². The van der Waals surface area contributed by atoms with Crippen LogP contribution >= 0.6 is 31.9 Å². The van der Waals surface area contributed by atoms with Gasteiger partial charge >= 0.3 is 5.69 Å². The predicted octanol–water partition coefficient (Wildman–Crippen LogP) is 3.74. The number of ether oxygens (including phenoxy) is 1. The van der Waals surface area contributed by atoms with E-state index in [9.17, 15) is 10.1 Å². The van der Waals surface area contributed by atoms with Gasteiger partial charge in [0.1, 0.15) is 0 Å². The molecule has 0 saturated carbocycles. The van der Waals surface area contributed by atoms with Crippen molar-refractivity contribution in [3.05, 3.63) is 43.5 Å². The number of aromatic nitrogens is 2. The largest absolute Gasteiger partial charge is 0.430 e. The monoisotopic (exact) mass is 402 g/mol. The van der Waals surface area contributed by atoms with Crippen molar-refractivity contribution < 1.29 is 9.66 Å². The number of halogens is 2. The maximum absolute atomic E-state index is 11.0. The minimum absolute atomic E-state index is 0.0969. The van der Waals surface area contributed by atoms with Crippen LogP contribution in [-0.2, 0) is 0 Å². The fourth-order valence-corrected chi connectivity index (χ4v) is 1.99. The smallest absolute Gasteiger partial charge is 0.312 e. The molecule has 0 unspecified atom stereocenters. The van der Waals surface area contributed by atoms with Crippen LogP contribution in [0.3, 0.4) is 0 Å². The van der Waals surface area contributed by atoms with Crippen molar-refractivity contribution in [2.75, 3.05) is 12.4 Å². The van der Waals surface area contributed by atoms with E-state index in [-0.39, 0.29) is 17.3 Å². The summed E-state index contributed by atoms with van der Waals surface area (Å²) in [6.07, 6.45) is 1.50. The molecule has 0 fully saturated rings. The first kappa shape index (κ1) is 14.7. The van der Waals surface area contributed by atoms with Crippen LogP contribution in [-0.4, -0.2) is 21.9 Å². The van der Waals surface area contributed by atoms with Gasteiger partial charge in [-0.2, -0.15) is 4.98 Å². The molecule has 2 rings (SSSR count). The topological polar surface area (TPSA) is 90.2 Å². The van der Waals surface area contributed by atoms with Crippen molar-refractivity contribution in [3.63, 3.8) is 0 Å². The van der Waals surface area contributed by atoms with Gasteiger partial charge < -0.3 is 10.1 Å². The minimum Gasteiger partial charge on any atom is -0.430 e. The number of nitro benzene ring substituents is 1. The van der Waals surface area contributed by atoms with Crippen molar-refractivity contribution in [2.24, 2.45) is 0 Å². The molecule has 2 aromatic rings. The zero-order valence-corrected chi connectivity index (χ0v) is 13.3. The molecule has 1 aromatic carbocycles. The van der Waals surface area contributed by atoms with Gasteiger partial charge in [-0.25, -0.2) is 4.98 Å². The second-order valence-corrected chi connectivity index (χ2v) is 5.34. The van der Waals surface area contributed by atoms with Crippen LogP contribution in [0.1, 0.15) is 0 Å². The summed E-state index contributed by atoms with van der Waals surface area (Å²) in [6.45, 7) is 0. The van der Waals surface area contributed by atoms with E-state index in [2.05, 4.69) is 47.1 Å². The summed E-state index contributed by atoms with van der Waals surface area (Å²) in [4.78, 5) is 18.6. The number of nitrogens with one attached hydrogen (secondary N) is 1. The lowest BCUT2D eigenvalue weighted by molar-refractivity contribution is -0.385. The van der Waals surface area contributed by atoms with E-state index in [1.54, 1.807) is 13.1 Å². The first-order chi connectivity index (χ1) is 9.51. The molecule has 104 valence electrons. The Hall–Kier alpha value is -1.74. The summed E-state index contributed by atoms with van der Waals surface area (Å²) < 4.78 is 6.58. The third-order valence-corrected chi connectivity index (χ3v) is 3.30. The van der Waals surface area contributed by atoms with Crippen LogP contribution in [0.2, 0.25) is 0 Å². The van der Waals surface area contributed by atoms with E-state index < -0.39 is 4.92 Å². The molecule has 0 bridgehead atoms. The fraction of sp³-hybridized carbons (Fsp3) is 0.0909. The van der Waals surface area contributed by atoms with E-state index in [4.69, 9.17) is 4.74 Å². The molecule has 1 heterocycles. The summed E-state index contributed by atoms with van der Waals surface area (Å²) >= 11 is 6.42. The molecule has 0 aliphatic heterocycles. The van der Waals surface area contributed by atoms with Gasteiger partial charge in [-0.15, -0.1) is 0 Å². The summed E-state index contributed by atoms with van der Waals surface area (Å²) in [6, 6.07) is 4.51. The highest BCUT2D eigenvalue weighted by molar-refractivity contribution is 9.10. The van der Waals surface area contributed by atoms with Crippen LogP contribution in [0, 0.1) is 10.1 Å². The normalized spacial score (nSPS) is 10.2. The zero-order chi connectivity index (χ0) is 14.7. The maximum Gasteiger partial charge on any atom is 0.312 e. The molecule has 7 nitrogen and oxygen atoms in total. The Morgan fingerprint density at radius 1 is 1.40 bits per heavy atom. The molecule has 9 heteroatoms. The van der Waals surface area contributed by atoms with Gasteiger partial charge in [-0.1, -0.05) is 15.9 Å². The van der Waals surface area contributed by atoms with Crippen molar-refractivity contribution >= 4 is 43.5 Å². The first-order valence-corrected chi connectivity index (χ1v) is 6.92. The molecule has 1 aromatic heterocycles. The summed E-state index contributed by atoms with van der Waals surface area (Å²) in [7, 11) is 1.66. The quantitative estimate of drug-likeness (QED) is 0.617. The van der Waals surface area contributed by atoms with Gasteiger partial charge in [0, 0.05) is 17.6 Å². The highest BCUT2D eigenvalue weighted by Gasteiger charge is 2.18. The highest BCUT2D eigenvalue weighted by atomic mass is 79.9. The van der Waals surface area contributed by atoms with Crippen LogP contribution in [0.5, 0.6) is 11.6 Å². The number of hydrogen-bond donors (Lipinski definition) is 1. The maximum atomic E-state index is 11.0. The molecule has 0 aliphatic rings. The minimum atomic E-state index is -0.520. The number of nitro groups is 1. The fourth-order valence-electron chi connectivity index (χ4n) is 1.37. The Morgan fingerprint density at radius 3 is 2.80 bits per heavy atom. The molecule has 1 N–H and O–H groups in total. The highest BCUT2D eigenvalue weighted by Crippen LogP contribution is 2.35. The van der Waals surface area contributed by atoms with Crippen LogP contribution < -0.4 is 10.1 Å². The van der Waals surface area contributed by atoms with E-state index >= 15 is 0 Å². The molecule has 0 amide bonds. The third-order valence-electron chi connectivity index (χ3n) is 2.26. The average Bonchev–Trinajstić information content (AvgIpc) is 2.42. The van der Waals surface area contributed by atoms with Crippen LogP contribution in [0.25, 0.3) is 0 Å². The van der Waals surface area contributed by atoms with Gasteiger partial charge in [0.05, 0.1) is 15.6 Å². The molecule has 0 spiro atoms. The molecule has 0 saturated heterocycles. The van der Waals surface area contributed by atoms with Gasteiger partial charge in [-0.3, -0.25) is 10.1 Å². The number of hydrogen-bond acceptors (Lipinski definition) is 6. The van der Waals surface area contributed by atoms with Crippen molar-refractivity contribution in [1.82, 2.24) is 9.97 Å². The Kier molecular flexibility index (Phi) is 4.50. The lowest BCUT2D eigenvalue weighted by atomic mass is 10.3. The summed E-state index contributed by atoms with van der Waals surface area (Å²) in [5.41, 5.74) is -0.157. The summed E-state index contributed by atoms with van der Waals surface area (Å²) in [5, 5.41) is 13.8. The van der Waals surface area contributed by atoms with Crippen molar-refractivity contribution in [3.8, 4) is 11.6 Å². The Bertz CT molecular complexity index is 666. The van der Waals surface area contributed by atoms with Gasteiger partial charge in [-0.05, 0) is 28.1 Å². The Balaban J connectivity index is 2.42. The number of rotatable bonds is 4. The average molecular weight is 404 g/mol. The Labute approximate surface area is 130 Å². The van der Waals surface area contributed by atoms with Gasteiger partial charge in [0.25, 0.3) is 0 Å². The SMILES string of the molecule is CNc1ncc(Br)c(Oc2ccc(Br)cc2[N+](=O)[O-])n1. The predicted molar refractivity (Wildman–Crippen MR) is 80.1 cm³/mol. The molecule has 20 heavy (non-hydrogen) atoms. The first-order valence-electron chi connectivity index (χ1n) is 5.33. The van der Waals surface area contributed by atoms with Gasteiger partial charge in [0.2, 0.25) is 17.6 Å². The van der Waals surface area contributed by atoms with Crippen LogP contribution in [0.15, 0.2) is 33.3 Å². The number of benzene rings is 1. The lowest BCUT2D eigenvalue weighted by Gasteiger charge is -2.08. The third kappa shape index (κ3) is 3.23. The second-order valence-electron chi connectivity index (χ2n) is 3.57. The molecular formula is C11H8Br2N4O3. The Morgan fingerprint density at radius 2 is 2.15 bits per heavy atom. The number of nitrogens with zero attached hydrogens (tertiary/aromatic N) is 3. The van der Waals surface area contributed by atoms with E-state index in [0.717, 1.165) is 0 Å². The zero-order valence-electron chi connectivity index (χ0n) is 10.1.